The van der Waals surface area contributed by atoms with Crippen molar-refractivity contribution < 1.29 is 19.4 Å². The van der Waals surface area contributed by atoms with Gasteiger partial charge in [0.15, 0.2) is 0 Å². The van der Waals surface area contributed by atoms with E-state index in [0.29, 0.717) is 6.42 Å². The smallest absolute Gasteiger partial charge is 0.338 e. The zero-order valence-corrected chi connectivity index (χ0v) is 10.2. The molecule has 90 valence electrons. The number of esters is 1. The molecule has 0 aromatic rings. The molecule has 0 unspecified atom stereocenters. The molecule has 16 heavy (non-hydrogen) atoms. The van der Waals surface area contributed by atoms with Gasteiger partial charge in [0, 0.05) is 5.57 Å². The Bertz CT molecular complexity index is 337. The van der Waals surface area contributed by atoms with Crippen LogP contribution in [-0.2, 0) is 14.3 Å². The minimum atomic E-state index is -1.08. The maximum Gasteiger partial charge on any atom is 0.338 e. The van der Waals surface area contributed by atoms with Gasteiger partial charge in [-0.05, 0) is 33.3 Å². The van der Waals surface area contributed by atoms with Crippen molar-refractivity contribution in [2.45, 2.75) is 39.7 Å². The first-order valence-electron chi connectivity index (χ1n) is 5.03. The molecule has 0 fully saturated rings. The van der Waals surface area contributed by atoms with E-state index in [1.54, 1.807) is 13.8 Å². The average molecular weight is 226 g/mol. The molecule has 0 heterocycles. The highest BCUT2D eigenvalue weighted by Gasteiger charge is 2.21. The summed E-state index contributed by atoms with van der Waals surface area (Å²) < 4.78 is 5.15. The molecule has 0 saturated heterocycles. The first kappa shape index (κ1) is 14.4. The monoisotopic (exact) mass is 226 g/mol. The van der Waals surface area contributed by atoms with Crippen molar-refractivity contribution in [2.75, 3.05) is 0 Å². The molecule has 0 aromatic carbocycles. The van der Waals surface area contributed by atoms with E-state index >= 15 is 0 Å². The molecule has 1 N–H and O–H groups in total. The van der Waals surface area contributed by atoms with Gasteiger partial charge >= 0.3 is 11.9 Å². The largest absolute Gasteiger partial charge is 0.478 e. The zero-order chi connectivity index (χ0) is 12.9. The van der Waals surface area contributed by atoms with Gasteiger partial charge in [0.1, 0.15) is 5.60 Å². The van der Waals surface area contributed by atoms with Crippen LogP contribution < -0.4 is 0 Å². The summed E-state index contributed by atoms with van der Waals surface area (Å²) in [7, 11) is 0. The fraction of sp³-hybridized carbons (Fsp3) is 0.500. The van der Waals surface area contributed by atoms with Crippen molar-refractivity contribution in [1.82, 2.24) is 0 Å². The summed E-state index contributed by atoms with van der Waals surface area (Å²) >= 11 is 0. The fourth-order valence-corrected chi connectivity index (χ4v) is 0.771. The Labute approximate surface area is 95.6 Å². The Morgan fingerprint density at radius 3 is 2.31 bits per heavy atom. The van der Waals surface area contributed by atoms with Crippen LogP contribution in [0, 0.1) is 0 Å². The van der Waals surface area contributed by atoms with Crippen molar-refractivity contribution in [1.29, 1.82) is 0 Å². The summed E-state index contributed by atoms with van der Waals surface area (Å²) in [6, 6.07) is 0. The van der Waals surface area contributed by atoms with E-state index < -0.39 is 17.5 Å². The van der Waals surface area contributed by atoms with Crippen LogP contribution in [0.25, 0.3) is 0 Å². The number of ether oxygens (including phenoxy) is 1. The molecular formula is C12H18O4. The van der Waals surface area contributed by atoms with Gasteiger partial charge in [0.05, 0.1) is 5.57 Å². The van der Waals surface area contributed by atoms with Crippen molar-refractivity contribution >= 4 is 11.9 Å². The predicted molar refractivity (Wildman–Crippen MR) is 61.0 cm³/mol. The SMILES string of the molecule is C=C(C=C(C)C(=O)O)C(=O)OC(C)(C)CC. The van der Waals surface area contributed by atoms with Crippen molar-refractivity contribution in [3.63, 3.8) is 0 Å². The lowest BCUT2D eigenvalue weighted by molar-refractivity contribution is -0.151. The second kappa shape index (κ2) is 5.49. The number of carbonyl (C=O) groups is 2. The van der Waals surface area contributed by atoms with E-state index in [2.05, 4.69) is 6.58 Å². The first-order chi connectivity index (χ1) is 7.19. The van der Waals surface area contributed by atoms with E-state index in [9.17, 15) is 9.59 Å². The first-order valence-corrected chi connectivity index (χ1v) is 5.03. The quantitative estimate of drug-likeness (QED) is 0.444. The number of hydrogen-bond acceptors (Lipinski definition) is 3. The van der Waals surface area contributed by atoms with Crippen LogP contribution in [0.2, 0.25) is 0 Å². The molecule has 0 amide bonds. The molecule has 0 atom stereocenters. The molecule has 0 spiro atoms. The summed E-state index contributed by atoms with van der Waals surface area (Å²) in [4.78, 5) is 22.1. The van der Waals surface area contributed by atoms with E-state index in [-0.39, 0.29) is 11.1 Å². The van der Waals surface area contributed by atoms with Crippen LogP contribution in [0.5, 0.6) is 0 Å². The topological polar surface area (TPSA) is 63.6 Å². The van der Waals surface area contributed by atoms with Gasteiger partial charge in [-0.15, -0.1) is 0 Å². The Morgan fingerprint density at radius 2 is 1.94 bits per heavy atom. The van der Waals surface area contributed by atoms with Gasteiger partial charge < -0.3 is 9.84 Å². The van der Waals surface area contributed by atoms with E-state index in [1.165, 1.54) is 13.0 Å². The summed E-state index contributed by atoms with van der Waals surface area (Å²) in [5.74, 6) is -1.67. The Morgan fingerprint density at radius 1 is 1.44 bits per heavy atom. The minimum Gasteiger partial charge on any atom is -0.478 e. The van der Waals surface area contributed by atoms with Gasteiger partial charge in [-0.3, -0.25) is 0 Å². The standard InChI is InChI=1S/C12H18O4/c1-6-12(4,5)16-11(15)9(3)7-8(2)10(13)14/h7H,3,6H2,1-2,4-5H3,(H,13,14). The molecule has 0 aliphatic rings. The average Bonchev–Trinajstić information content (AvgIpc) is 2.16. The third-order valence-electron chi connectivity index (χ3n) is 2.21. The molecule has 0 aromatic heterocycles. The molecule has 0 rings (SSSR count). The molecule has 0 bridgehead atoms. The maximum atomic E-state index is 11.5. The lowest BCUT2D eigenvalue weighted by Crippen LogP contribution is -2.27. The number of carbonyl (C=O) groups excluding carboxylic acids is 1. The van der Waals surface area contributed by atoms with E-state index in [0.717, 1.165) is 0 Å². The third kappa shape index (κ3) is 4.77. The highest BCUT2D eigenvalue weighted by Crippen LogP contribution is 2.16. The highest BCUT2D eigenvalue weighted by molar-refractivity contribution is 5.95. The minimum absolute atomic E-state index is 0.0430. The van der Waals surface area contributed by atoms with Crippen LogP contribution >= 0.6 is 0 Å². The van der Waals surface area contributed by atoms with Crippen LogP contribution in [0.3, 0.4) is 0 Å². The van der Waals surface area contributed by atoms with E-state index in [1.807, 2.05) is 6.92 Å². The Kier molecular flexibility index (Phi) is 4.95. The molecule has 0 saturated carbocycles. The lowest BCUT2D eigenvalue weighted by Gasteiger charge is -2.23. The number of aliphatic carboxylic acids is 1. The number of carboxylic acid groups (broad SMARTS) is 1. The second-order valence-corrected chi connectivity index (χ2v) is 4.16. The maximum absolute atomic E-state index is 11.5. The van der Waals surface area contributed by atoms with E-state index in [4.69, 9.17) is 9.84 Å². The van der Waals surface area contributed by atoms with Gasteiger partial charge in [-0.2, -0.15) is 0 Å². The Balaban J connectivity index is 4.60. The van der Waals surface area contributed by atoms with Gasteiger partial charge in [0.2, 0.25) is 0 Å². The van der Waals surface area contributed by atoms with Crippen molar-refractivity contribution in [3.8, 4) is 0 Å². The molecular weight excluding hydrogens is 208 g/mol. The summed E-state index contributed by atoms with van der Waals surface area (Å²) in [5.41, 5.74) is -0.469. The van der Waals surface area contributed by atoms with Gasteiger partial charge in [-0.25, -0.2) is 9.59 Å². The lowest BCUT2D eigenvalue weighted by atomic mass is 10.1. The van der Waals surface area contributed by atoms with Gasteiger partial charge in [-0.1, -0.05) is 13.5 Å². The summed E-state index contributed by atoms with van der Waals surface area (Å²) in [5, 5.41) is 8.63. The van der Waals surface area contributed by atoms with Crippen LogP contribution in [0.1, 0.15) is 34.1 Å². The normalized spacial score (nSPS) is 12.1. The van der Waals surface area contributed by atoms with Crippen LogP contribution in [-0.4, -0.2) is 22.6 Å². The molecule has 4 nitrogen and oxygen atoms in total. The molecule has 0 aliphatic heterocycles. The second-order valence-electron chi connectivity index (χ2n) is 4.16. The molecule has 4 heteroatoms. The van der Waals surface area contributed by atoms with Crippen LogP contribution in [0.15, 0.2) is 23.8 Å². The zero-order valence-electron chi connectivity index (χ0n) is 10.2. The number of carboxylic acids is 1. The molecule has 0 radical (unpaired) electrons. The number of rotatable bonds is 5. The number of hydrogen-bond donors (Lipinski definition) is 1. The highest BCUT2D eigenvalue weighted by atomic mass is 16.6. The fourth-order valence-electron chi connectivity index (χ4n) is 0.771. The summed E-state index contributed by atoms with van der Waals surface area (Å²) in [6.07, 6.45) is 1.88. The van der Waals surface area contributed by atoms with Crippen molar-refractivity contribution in [2.24, 2.45) is 0 Å². The molecule has 0 aliphatic carbocycles. The summed E-state index contributed by atoms with van der Waals surface area (Å²) in [6.45, 7) is 10.3. The van der Waals surface area contributed by atoms with Gasteiger partial charge in [0.25, 0.3) is 0 Å². The predicted octanol–water partition coefficient (Wildman–Crippen LogP) is 2.31. The van der Waals surface area contributed by atoms with Crippen molar-refractivity contribution in [3.05, 3.63) is 23.8 Å². The Hall–Kier alpha value is -1.58. The third-order valence-corrected chi connectivity index (χ3v) is 2.21. The van der Waals surface area contributed by atoms with Crippen LogP contribution in [0.4, 0.5) is 0 Å².